The lowest BCUT2D eigenvalue weighted by Gasteiger charge is -2.20. The van der Waals surface area contributed by atoms with Gasteiger partial charge in [-0.2, -0.15) is 5.11 Å². The molecule has 2 aliphatic heterocycles. The number of fused-ring (bicyclic) bond motifs is 1. The smallest absolute Gasteiger partial charge is 0.263 e. The molecule has 0 saturated carbocycles. The van der Waals surface area contributed by atoms with Crippen LogP contribution in [0, 0.1) is 12.7 Å². The molecule has 25 heavy (non-hydrogen) atoms. The topological polar surface area (TPSA) is 65.3 Å². The summed E-state index contributed by atoms with van der Waals surface area (Å²) in [6.45, 7) is 1.61. The molecule has 2 amide bonds. The van der Waals surface area contributed by atoms with Gasteiger partial charge in [-0.05, 0) is 48.9 Å². The molecular formula is C17H12ClFN4O2. The predicted molar refractivity (Wildman–Crippen MR) is 90.0 cm³/mol. The minimum absolute atomic E-state index is 0.193. The molecule has 0 radical (unpaired) electrons. The van der Waals surface area contributed by atoms with Crippen molar-refractivity contribution < 1.29 is 14.0 Å². The van der Waals surface area contributed by atoms with Gasteiger partial charge in [-0.25, -0.2) is 14.3 Å². The first-order chi connectivity index (χ1) is 12.0. The van der Waals surface area contributed by atoms with Crippen molar-refractivity contribution in [2.75, 3.05) is 9.91 Å². The van der Waals surface area contributed by atoms with E-state index in [9.17, 15) is 14.0 Å². The van der Waals surface area contributed by atoms with E-state index in [0.717, 1.165) is 4.90 Å². The van der Waals surface area contributed by atoms with Crippen LogP contribution < -0.4 is 9.91 Å². The Morgan fingerprint density at radius 2 is 1.72 bits per heavy atom. The van der Waals surface area contributed by atoms with Gasteiger partial charge in [0.15, 0.2) is 12.1 Å². The van der Waals surface area contributed by atoms with Crippen LogP contribution in [-0.2, 0) is 9.59 Å². The molecule has 1 saturated heterocycles. The third kappa shape index (κ3) is 2.39. The van der Waals surface area contributed by atoms with E-state index in [2.05, 4.69) is 10.3 Å². The molecule has 0 aliphatic carbocycles. The van der Waals surface area contributed by atoms with Gasteiger partial charge in [0.2, 0.25) is 0 Å². The lowest BCUT2D eigenvalue weighted by atomic mass is 10.1. The molecule has 2 aromatic rings. The fraction of sp³-hybridized carbons (Fsp3) is 0.176. The largest absolute Gasteiger partial charge is 0.271 e. The summed E-state index contributed by atoms with van der Waals surface area (Å²) in [6, 6.07) is 9.13. The number of amides is 2. The summed E-state index contributed by atoms with van der Waals surface area (Å²) in [6.07, 6.45) is 0. The van der Waals surface area contributed by atoms with E-state index < -0.39 is 29.7 Å². The quantitative estimate of drug-likeness (QED) is 0.774. The van der Waals surface area contributed by atoms with Gasteiger partial charge < -0.3 is 0 Å². The second-order valence-electron chi connectivity index (χ2n) is 5.86. The number of aryl methyl sites for hydroxylation is 1. The zero-order valence-corrected chi connectivity index (χ0v) is 13.8. The minimum atomic E-state index is -0.937. The Morgan fingerprint density at radius 3 is 2.40 bits per heavy atom. The number of rotatable bonds is 2. The SMILES string of the molecule is Cc1ccc(N2C(=O)[C@@H]3N=NN(c4ccc(Cl)cc4)[C@H]3C2=O)cc1F. The van der Waals surface area contributed by atoms with Crippen LogP contribution in [0.25, 0.3) is 0 Å². The van der Waals surface area contributed by atoms with Crippen molar-refractivity contribution in [3.63, 3.8) is 0 Å². The molecule has 4 rings (SSSR count). The summed E-state index contributed by atoms with van der Waals surface area (Å²) in [5, 5.41) is 9.83. The van der Waals surface area contributed by atoms with Crippen LogP contribution in [0.3, 0.4) is 0 Å². The number of anilines is 2. The summed E-state index contributed by atoms with van der Waals surface area (Å²) in [5.41, 5.74) is 1.23. The van der Waals surface area contributed by atoms with Crippen molar-refractivity contribution in [3.8, 4) is 0 Å². The molecule has 2 heterocycles. The molecular weight excluding hydrogens is 347 g/mol. The van der Waals surface area contributed by atoms with Crippen LogP contribution in [0.1, 0.15) is 5.56 Å². The van der Waals surface area contributed by atoms with Gasteiger partial charge in [0, 0.05) is 5.02 Å². The average Bonchev–Trinajstić information content (AvgIpc) is 3.12. The normalized spacial score (nSPS) is 22.0. The van der Waals surface area contributed by atoms with Gasteiger partial charge in [-0.3, -0.25) is 9.59 Å². The second-order valence-corrected chi connectivity index (χ2v) is 6.30. The van der Waals surface area contributed by atoms with E-state index in [0.29, 0.717) is 16.3 Å². The Balaban J connectivity index is 1.70. The Morgan fingerprint density at radius 1 is 1.04 bits per heavy atom. The Bertz CT molecular complexity index is 915. The molecule has 2 atom stereocenters. The molecule has 2 aliphatic rings. The molecule has 0 N–H and O–H groups in total. The van der Waals surface area contributed by atoms with E-state index in [-0.39, 0.29) is 5.69 Å². The van der Waals surface area contributed by atoms with Crippen LogP contribution in [0.15, 0.2) is 52.8 Å². The number of carbonyl (C=O) groups excluding carboxylic acids is 2. The Hall–Kier alpha value is -2.80. The van der Waals surface area contributed by atoms with Gasteiger partial charge in [-0.15, -0.1) is 0 Å². The van der Waals surface area contributed by atoms with Crippen molar-refractivity contribution in [2.45, 2.75) is 19.0 Å². The number of benzene rings is 2. The van der Waals surface area contributed by atoms with Crippen molar-refractivity contribution in [3.05, 3.63) is 58.9 Å². The zero-order valence-electron chi connectivity index (χ0n) is 13.1. The highest BCUT2D eigenvalue weighted by atomic mass is 35.5. The van der Waals surface area contributed by atoms with Crippen LogP contribution >= 0.6 is 11.6 Å². The van der Waals surface area contributed by atoms with Crippen LogP contribution in [-0.4, -0.2) is 23.9 Å². The third-order valence-electron chi connectivity index (χ3n) is 4.29. The molecule has 1 fully saturated rings. The standard InChI is InChI=1S/C17H12ClFN4O2/c1-9-2-5-12(8-13(9)19)22-16(24)14-15(17(22)25)23(21-20-14)11-6-3-10(18)4-7-11/h2-8,14-15H,1H3/t14-,15-/m1/s1. The maximum absolute atomic E-state index is 13.8. The fourth-order valence-electron chi connectivity index (χ4n) is 2.94. The van der Waals surface area contributed by atoms with Gasteiger partial charge in [0.25, 0.3) is 11.8 Å². The predicted octanol–water partition coefficient (Wildman–Crippen LogP) is 3.29. The highest BCUT2D eigenvalue weighted by Crippen LogP contribution is 2.35. The van der Waals surface area contributed by atoms with Crippen molar-refractivity contribution in [1.29, 1.82) is 0 Å². The highest BCUT2D eigenvalue weighted by molar-refractivity contribution is 6.30. The van der Waals surface area contributed by atoms with E-state index in [4.69, 9.17) is 11.6 Å². The molecule has 6 nitrogen and oxygen atoms in total. The van der Waals surface area contributed by atoms with Crippen LogP contribution in [0.2, 0.25) is 5.02 Å². The number of nitrogens with zero attached hydrogens (tertiary/aromatic N) is 4. The third-order valence-corrected chi connectivity index (χ3v) is 4.54. The molecule has 2 aromatic carbocycles. The second kappa shape index (κ2) is 5.63. The van der Waals surface area contributed by atoms with Gasteiger partial charge >= 0.3 is 0 Å². The molecule has 8 heteroatoms. The monoisotopic (exact) mass is 358 g/mol. The number of imide groups is 1. The van der Waals surface area contributed by atoms with Gasteiger partial charge in [0.05, 0.1) is 11.4 Å². The summed E-state index contributed by atoms with van der Waals surface area (Å²) in [7, 11) is 0. The minimum Gasteiger partial charge on any atom is -0.271 e. The Labute approximate surface area is 147 Å². The van der Waals surface area contributed by atoms with Crippen molar-refractivity contribution in [1.82, 2.24) is 0 Å². The fourth-order valence-corrected chi connectivity index (χ4v) is 3.07. The number of hydrogen-bond acceptors (Lipinski definition) is 5. The number of hydrogen-bond donors (Lipinski definition) is 0. The Kier molecular flexibility index (Phi) is 3.54. The first kappa shape index (κ1) is 15.7. The van der Waals surface area contributed by atoms with Crippen LogP contribution in [0.5, 0.6) is 0 Å². The van der Waals surface area contributed by atoms with Crippen molar-refractivity contribution >= 4 is 34.8 Å². The molecule has 0 unspecified atom stereocenters. The molecule has 0 bridgehead atoms. The summed E-state index contributed by atoms with van der Waals surface area (Å²) in [5.74, 6) is -1.48. The lowest BCUT2D eigenvalue weighted by molar-refractivity contribution is -0.121. The summed E-state index contributed by atoms with van der Waals surface area (Å²) < 4.78 is 13.8. The summed E-state index contributed by atoms with van der Waals surface area (Å²) >= 11 is 5.87. The summed E-state index contributed by atoms with van der Waals surface area (Å²) in [4.78, 5) is 26.4. The van der Waals surface area contributed by atoms with Gasteiger partial charge in [0.1, 0.15) is 5.82 Å². The number of carbonyl (C=O) groups is 2. The van der Waals surface area contributed by atoms with E-state index in [1.54, 1.807) is 37.3 Å². The maximum Gasteiger partial charge on any atom is 0.263 e. The van der Waals surface area contributed by atoms with Crippen LogP contribution in [0.4, 0.5) is 15.8 Å². The molecule has 0 aromatic heterocycles. The van der Waals surface area contributed by atoms with E-state index >= 15 is 0 Å². The first-order valence-electron chi connectivity index (χ1n) is 7.57. The molecule has 126 valence electrons. The maximum atomic E-state index is 13.8. The lowest BCUT2D eigenvalue weighted by Crippen LogP contribution is -2.39. The first-order valence-corrected chi connectivity index (χ1v) is 7.95. The van der Waals surface area contributed by atoms with E-state index in [1.807, 2.05) is 0 Å². The van der Waals surface area contributed by atoms with Gasteiger partial charge in [-0.1, -0.05) is 22.9 Å². The zero-order chi connectivity index (χ0) is 17.7. The highest BCUT2D eigenvalue weighted by Gasteiger charge is 2.55. The van der Waals surface area contributed by atoms with Crippen molar-refractivity contribution in [2.24, 2.45) is 10.3 Å². The van der Waals surface area contributed by atoms with E-state index in [1.165, 1.54) is 17.1 Å². The number of halogens is 2. The molecule has 0 spiro atoms. The average molecular weight is 359 g/mol.